The molecule has 8 nitrogen and oxygen atoms in total. The van der Waals surface area contributed by atoms with Crippen LogP contribution in [-0.2, 0) is 14.9 Å². The van der Waals surface area contributed by atoms with Gasteiger partial charge in [-0.3, -0.25) is 4.90 Å². The summed E-state index contributed by atoms with van der Waals surface area (Å²) in [6.07, 6.45) is 0.184. The topological polar surface area (TPSA) is 68.0 Å². The van der Waals surface area contributed by atoms with Crippen LogP contribution < -0.4 is 4.90 Å². The Morgan fingerprint density at radius 2 is 2.00 bits per heavy atom. The van der Waals surface area contributed by atoms with E-state index in [1.54, 1.807) is 0 Å². The van der Waals surface area contributed by atoms with Crippen LogP contribution in [0, 0.1) is 0 Å². The van der Waals surface area contributed by atoms with E-state index < -0.39 is 0 Å². The van der Waals surface area contributed by atoms with Crippen LogP contribution >= 0.6 is 0 Å². The first-order chi connectivity index (χ1) is 12.4. The van der Waals surface area contributed by atoms with E-state index in [1.807, 2.05) is 16.6 Å². The summed E-state index contributed by atoms with van der Waals surface area (Å²) in [5.74, 6) is 1.86. The van der Waals surface area contributed by atoms with Gasteiger partial charge in [0, 0.05) is 31.1 Å². The molecule has 2 aliphatic rings. The number of ether oxygens (including phenoxy) is 2. The van der Waals surface area contributed by atoms with Gasteiger partial charge >= 0.3 is 0 Å². The maximum atomic E-state index is 5.75. The molecule has 0 bridgehead atoms. The summed E-state index contributed by atoms with van der Waals surface area (Å²) in [5.41, 5.74) is 0.701. The molecule has 8 heteroatoms. The Morgan fingerprint density at radius 3 is 2.69 bits per heavy atom. The van der Waals surface area contributed by atoms with Gasteiger partial charge in [0.2, 0.25) is 0 Å². The van der Waals surface area contributed by atoms with Crippen molar-refractivity contribution in [3.63, 3.8) is 0 Å². The van der Waals surface area contributed by atoms with Crippen molar-refractivity contribution in [2.75, 3.05) is 51.4 Å². The molecule has 2 fully saturated rings. The average Bonchev–Trinajstić information content (AvgIpc) is 2.98. The normalized spacial score (nSPS) is 22.2. The van der Waals surface area contributed by atoms with E-state index in [0.717, 1.165) is 36.9 Å². The second-order valence-electron chi connectivity index (χ2n) is 8.30. The Bertz CT molecular complexity index is 759. The van der Waals surface area contributed by atoms with Gasteiger partial charge < -0.3 is 14.4 Å². The Kier molecular flexibility index (Phi) is 4.58. The first kappa shape index (κ1) is 17.6. The third-order valence-electron chi connectivity index (χ3n) is 5.11. The molecule has 0 saturated carbocycles. The molecular weight excluding hydrogens is 332 g/mol. The zero-order valence-electron chi connectivity index (χ0n) is 16.1. The fourth-order valence-electron chi connectivity index (χ4n) is 3.45. The minimum Gasteiger partial charge on any atom is -0.376 e. The zero-order valence-corrected chi connectivity index (χ0v) is 16.1. The van der Waals surface area contributed by atoms with Gasteiger partial charge in [-0.2, -0.15) is 4.52 Å². The van der Waals surface area contributed by atoms with Gasteiger partial charge in [0.25, 0.3) is 0 Å². The van der Waals surface area contributed by atoms with Crippen LogP contribution in [0.5, 0.6) is 0 Å². The van der Waals surface area contributed by atoms with Crippen LogP contribution in [0.3, 0.4) is 0 Å². The van der Waals surface area contributed by atoms with Crippen molar-refractivity contribution in [1.82, 2.24) is 24.7 Å². The summed E-state index contributed by atoms with van der Waals surface area (Å²) in [6.45, 7) is 11.3. The molecule has 2 saturated heterocycles. The van der Waals surface area contributed by atoms with E-state index in [2.05, 4.69) is 47.8 Å². The molecule has 0 radical (unpaired) electrons. The van der Waals surface area contributed by atoms with Crippen LogP contribution in [0.2, 0.25) is 0 Å². The fraction of sp³-hybridized carbons (Fsp3) is 0.722. The number of fused-ring (bicyclic) bond motifs is 1. The summed E-state index contributed by atoms with van der Waals surface area (Å²) in [4.78, 5) is 4.67. The SMILES string of the molecule is CN(CC1COCCO1)C1CN(c2ccc3nnc(C(C)(C)C)n3n2)C1. The van der Waals surface area contributed by atoms with E-state index in [9.17, 15) is 0 Å². The smallest absolute Gasteiger partial charge is 0.178 e. The largest absolute Gasteiger partial charge is 0.376 e. The standard InChI is InChI=1S/C18H28N6O2/c1-18(2,3)17-20-19-15-5-6-16(21-24(15)17)23-9-13(10-23)22(4)11-14-12-25-7-8-26-14/h5-6,13-14H,7-12H2,1-4H3. The third-order valence-corrected chi connectivity index (χ3v) is 5.11. The lowest BCUT2D eigenvalue weighted by Crippen LogP contribution is -2.60. The van der Waals surface area contributed by atoms with Crippen molar-refractivity contribution >= 4 is 11.5 Å². The second-order valence-corrected chi connectivity index (χ2v) is 8.30. The highest BCUT2D eigenvalue weighted by molar-refractivity contribution is 5.48. The molecule has 1 unspecified atom stereocenters. The van der Waals surface area contributed by atoms with Crippen molar-refractivity contribution < 1.29 is 9.47 Å². The Morgan fingerprint density at radius 1 is 1.19 bits per heavy atom. The van der Waals surface area contributed by atoms with Gasteiger partial charge in [0.1, 0.15) is 5.82 Å². The lowest BCUT2D eigenvalue weighted by molar-refractivity contribution is -0.0990. The summed E-state index contributed by atoms with van der Waals surface area (Å²) >= 11 is 0. The minimum atomic E-state index is -0.0925. The summed E-state index contributed by atoms with van der Waals surface area (Å²) in [7, 11) is 2.16. The Balaban J connectivity index is 1.40. The van der Waals surface area contributed by atoms with Crippen LogP contribution in [0.25, 0.3) is 5.65 Å². The van der Waals surface area contributed by atoms with Gasteiger partial charge in [0.15, 0.2) is 11.5 Å². The molecule has 0 aliphatic carbocycles. The maximum absolute atomic E-state index is 5.75. The van der Waals surface area contributed by atoms with Crippen LogP contribution in [-0.4, -0.2) is 83.4 Å². The second kappa shape index (κ2) is 6.75. The molecule has 0 amide bonds. The lowest BCUT2D eigenvalue weighted by atomic mass is 9.96. The monoisotopic (exact) mass is 360 g/mol. The van der Waals surface area contributed by atoms with Crippen LogP contribution in [0.4, 0.5) is 5.82 Å². The fourth-order valence-corrected chi connectivity index (χ4v) is 3.45. The molecule has 2 aliphatic heterocycles. The Hall–Kier alpha value is -1.77. The third kappa shape index (κ3) is 3.41. The summed E-state index contributed by atoms with van der Waals surface area (Å²) in [5, 5.41) is 13.3. The first-order valence-electron chi connectivity index (χ1n) is 9.29. The van der Waals surface area contributed by atoms with Crippen LogP contribution in [0.15, 0.2) is 12.1 Å². The van der Waals surface area contributed by atoms with Gasteiger partial charge in [-0.1, -0.05) is 20.8 Å². The Labute approximate surface area is 154 Å². The van der Waals surface area contributed by atoms with Crippen molar-refractivity contribution in [1.29, 1.82) is 0 Å². The lowest BCUT2D eigenvalue weighted by Gasteiger charge is -2.45. The molecule has 0 aromatic carbocycles. The molecule has 4 rings (SSSR count). The number of hydrogen-bond donors (Lipinski definition) is 0. The minimum absolute atomic E-state index is 0.0925. The van der Waals surface area contributed by atoms with Gasteiger partial charge in [-0.25, -0.2) is 0 Å². The summed E-state index contributed by atoms with van der Waals surface area (Å²) < 4.78 is 13.1. The summed E-state index contributed by atoms with van der Waals surface area (Å²) in [6, 6.07) is 4.54. The van der Waals surface area contributed by atoms with E-state index in [-0.39, 0.29) is 11.5 Å². The van der Waals surface area contributed by atoms with Crippen molar-refractivity contribution in [3.05, 3.63) is 18.0 Å². The van der Waals surface area contributed by atoms with E-state index in [0.29, 0.717) is 25.9 Å². The molecule has 0 spiro atoms. The van der Waals surface area contributed by atoms with Crippen molar-refractivity contribution in [3.8, 4) is 0 Å². The number of aromatic nitrogens is 4. The van der Waals surface area contributed by atoms with E-state index >= 15 is 0 Å². The van der Waals surface area contributed by atoms with Gasteiger partial charge in [0.05, 0.1) is 25.9 Å². The van der Waals surface area contributed by atoms with E-state index in [4.69, 9.17) is 14.6 Å². The van der Waals surface area contributed by atoms with Crippen molar-refractivity contribution in [2.45, 2.75) is 38.3 Å². The van der Waals surface area contributed by atoms with Gasteiger partial charge in [-0.05, 0) is 19.2 Å². The quantitative estimate of drug-likeness (QED) is 0.804. The molecule has 0 N–H and O–H groups in total. The molecule has 4 heterocycles. The predicted octanol–water partition coefficient (Wildman–Crippen LogP) is 0.958. The number of nitrogens with zero attached hydrogens (tertiary/aromatic N) is 6. The number of rotatable bonds is 4. The molecule has 2 aromatic heterocycles. The number of anilines is 1. The predicted molar refractivity (Wildman–Crippen MR) is 98.7 cm³/mol. The molecular formula is C18H28N6O2. The van der Waals surface area contributed by atoms with Crippen molar-refractivity contribution in [2.24, 2.45) is 0 Å². The highest BCUT2D eigenvalue weighted by Crippen LogP contribution is 2.24. The van der Waals surface area contributed by atoms with Crippen LogP contribution in [0.1, 0.15) is 26.6 Å². The number of hydrogen-bond acceptors (Lipinski definition) is 7. The molecule has 142 valence electrons. The van der Waals surface area contributed by atoms with Gasteiger partial charge in [-0.15, -0.1) is 15.3 Å². The first-order valence-corrected chi connectivity index (χ1v) is 9.29. The molecule has 2 aromatic rings. The maximum Gasteiger partial charge on any atom is 0.178 e. The zero-order chi connectivity index (χ0) is 18.3. The average molecular weight is 360 g/mol. The number of likely N-dealkylation sites (N-methyl/N-ethyl adjacent to an activating group) is 1. The molecule has 1 atom stereocenters. The highest BCUT2D eigenvalue weighted by atomic mass is 16.6. The highest BCUT2D eigenvalue weighted by Gasteiger charge is 2.33. The molecule has 26 heavy (non-hydrogen) atoms. The van der Waals surface area contributed by atoms with E-state index in [1.165, 1.54) is 0 Å².